The number of ether oxygens (including phenoxy) is 1. The lowest BCUT2D eigenvalue weighted by Crippen LogP contribution is -2.21. The van der Waals surface area contributed by atoms with Gasteiger partial charge in [-0.25, -0.2) is 0 Å². The predicted octanol–water partition coefficient (Wildman–Crippen LogP) is 3.40. The van der Waals surface area contributed by atoms with Crippen molar-refractivity contribution in [1.82, 2.24) is 0 Å². The number of rotatable bonds is 4. The van der Waals surface area contributed by atoms with E-state index in [1.165, 1.54) is 16.8 Å². The van der Waals surface area contributed by atoms with Gasteiger partial charge in [0.15, 0.2) is 0 Å². The van der Waals surface area contributed by atoms with Gasteiger partial charge in [0.1, 0.15) is 0 Å². The molecule has 2 aromatic carbocycles. The van der Waals surface area contributed by atoms with Crippen LogP contribution in [0, 0.1) is 11.8 Å². The van der Waals surface area contributed by atoms with E-state index in [-0.39, 0.29) is 7.92 Å². The topological polar surface area (TPSA) is 9.23 Å². The van der Waals surface area contributed by atoms with E-state index >= 15 is 0 Å². The summed E-state index contributed by atoms with van der Waals surface area (Å²) in [4.78, 5) is 0. The molecule has 2 heteroatoms. The third-order valence-electron chi connectivity index (χ3n) is 4.07. The van der Waals surface area contributed by atoms with Gasteiger partial charge in [-0.1, -0.05) is 67.6 Å². The number of hydrogen-bond acceptors (Lipinski definition) is 1. The molecule has 2 aromatic rings. The molecule has 1 aliphatic heterocycles. The second-order valence-corrected chi connectivity index (χ2v) is 7.81. The standard InChI is InChI=1S/C18H21OP/c1-15-12-19-13-16(15)14-20(17-8-4-2-5-9-17)18-10-6-3-7-11-18/h2-11,15-16H,12-14H2,1H3. The molecule has 2 atom stereocenters. The summed E-state index contributed by atoms with van der Waals surface area (Å²) in [6, 6.07) is 21.9. The van der Waals surface area contributed by atoms with Crippen LogP contribution in [0.1, 0.15) is 6.92 Å². The van der Waals surface area contributed by atoms with Crippen LogP contribution in [0.15, 0.2) is 60.7 Å². The van der Waals surface area contributed by atoms with Crippen LogP contribution in [0.2, 0.25) is 0 Å². The van der Waals surface area contributed by atoms with E-state index in [1.54, 1.807) is 0 Å². The zero-order valence-corrected chi connectivity index (χ0v) is 12.8. The van der Waals surface area contributed by atoms with Crippen LogP contribution in [0.5, 0.6) is 0 Å². The second kappa shape index (κ2) is 6.52. The molecule has 2 unspecified atom stereocenters. The highest BCUT2D eigenvalue weighted by molar-refractivity contribution is 7.73. The molecule has 20 heavy (non-hydrogen) atoms. The lowest BCUT2D eigenvalue weighted by Gasteiger charge is -2.23. The van der Waals surface area contributed by atoms with Gasteiger partial charge >= 0.3 is 0 Å². The maximum absolute atomic E-state index is 5.65. The van der Waals surface area contributed by atoms with Gasteiger partial charge in [-0.15, -0.1) is 0 Å². The summed E-state index contributed by atoms with van der Waals surface area (Å²) >= 11 is 0. The molecule has 0 aromatic heterocycles. The van der Waals surface area contributed by atoms with Crippen LogP contribution in [0.4, 0.5) is 0 Å². The molecule has 0 saturated carbocycles. The first-order valence-electron chi connectivity index (χ1n) is 7.30. The molecule has 104 valence electrons. The monoisotopic (exact) mass is 284 g/mol. The first kappa shape index (κ1) is 13.8. The molecular formula is C18H21OP. The van der Waals surface area contributed by atoms with E-state index in [0.717, 1.165) is 13.2 Å². The summed E-state index contributed by atoms with van der Waals surface area (Å²) in [5, 5.41) is 2.96. The normalized spacial score (nSPS) is 22.3. The highest BCUT2D eigenvalue weighted by Gasteiger charge is 2.28. The van der Waals surface area contributed by atoms with Crippen molar-refractivity contribution in [1.29, 1.82) is 0 Å². The van der Waals surface area contributed by atoms with Gasteiger partial charge in [-0.05, 0) is 36.5 Å². The van der Waals surface area contributed by atoms with Gasteiger partial charge < -0.3 is 4.74 Å². The Morgan fingerprint density at radius 2 is 1.45 bits per heavy atom. The molecule has 0 spiro atoms. The third kappa shape index (κ3) is 3.11. The quantitative estimate of drug-likeness (QED) is 0.782. The van der Waals surface area contributed by atoms with Crippen molar-refractivity contribution in [2.45, 2.75) is 6.92 Å². The maximum Gasteiger partial charge on any atom is 0.0501 e. The molecule has 0 amide bonds. The van der Waals surface area contributed by atoms with Crippen LogP contribution < -0.4 is 10.6 Å². The third-order valence-corrected chi connectivity index (χ3v) is 6.75. The first-order valence-corrected chi connectivity index (χ1v) is 8.82. The molecule has 3 rings (SSSR count). The Kier molecular flexibility index (Phi) is 4.50. The predicted molar refractivity (Wildman–Crippen MR) is 87.4 cm³/mol. The van der Waals surface area contributed by atoms with Gasteiger partial charge in [0, 0.05) is 6.61 Å². The molecule has 1 nitrogen and oxygen atoms in total. The minimum Gasteiger partial charge on any atom is -0.381 e. The smallest absolute Gasteiger partial charge is 0.0501 e. The molecular weight excluding hydrogens is 263 g/mol. The SMILES string of the molecule is CC1COCC1CP(c1ccccc1)c1ccccc1. The van der Waals surface area contributed by atoms with E-state index in [4.69, 9.17) is 4.74 Å². The van der Waals surface area contributed by atoms with Gasteiger partial charge in [-0.3, -0.25) is 0 Å². The summed E-state index contributed by atoms with van der Waals surface area (Å²) in [5.74, 6) is 1.38. The molecule has 1 saturated heterocycles. The Morgan fingerprint density at radius 3 is 1.90 bits per heavy atom. The fraction of sp³-hybridized carbons (Fsp3) is 0.333. The molecule has 1 heterocycles. The van der Waals surface area contributed by atoms with Crippen molar-refractivity contribution in [3.8, 4) is 0 Å². The number of hydrogen-bond donors (Lipinski definition) is 0. The van der Waals surface area contributed by atoms with Crippen LogP contribution in [-0.2, 0) is 4.74 Å². The van der Waals surface area contributed by atoms with E-state index in [2.05, 4.69) is 67.6 Å². The summed E-state index contributed by atoms with van der Waals surface area (Å²) in [5.41, 5.74) is 0. The lowest BCUT2D eigenvalue weighted by molar-refractivity contribution is 0.183. The molecule has 0 bridgehead atoms. The van der Waals surface area contributed by atoms with Gasteiger partial charge in [-0.2, -0.15) is 0 Å². The zero-order valence-electron chi connectivity index (χ0n) is 11.9. The highest BCUT2D eigenvalue weighted by atomic mass is 31.1. The van der Waals surface area contributed by atoms with Crippen LogP contribution >= 0.6 is 7.92 Å². The summed E-state index contributed by atoms with van der Waals surface area (Å²) < 4.78 is 5.65. The Labute approximate surface area is 122 Å². The number of benzene rings is 2. The minimum absolute atomic E-state index is 0.269. The molecule has 0 aliphatic carbocycles. The molecule has 1 fully saturated rings. The van der Waals surface area contributed by atoms with Crippen LogP contribution in [-0.4, -0.2) is 19.4 Å². The van der Waals surface area contributed by atoms with Crippen molar-refractivity contribution < 1.29 is 4.74 Å². The van der Waals surface area contributed by atoms with Crippen LogP contribution in [0.3, 0.4) is 0 Å². The van der Waals surface area contributed by atoms with E-state index < -0.39 is 0 Å². The second-order valence-electron chi connectivity index (χ2n) is 5.56. The molecule has 0 N–H and O–H groups in total. The van der Waals surface area contributed by atoms with Crippen molar-refractivity contribution in [3.05, 3.63) is 60.7 Å². The van der Waals surface area contributed by atoms with E-state index in [1.807, 2.05) is 0 Å². The first-order chi connectivity index (χ1) is 9.84. The van der Waals surface area contributed by atoms with Gasteiger partial charge in [0.25, 0.3) is 0 Å². The van der Waals surface area contributed by atoms with Crippen molar-refractivity contribution in [2.24, 2.45) is 11.8 Å². The van der Waals surface area contributed by atoms with Gasteiger partial charge in [0.05, 0.1) is 6.61 Å². The summed E-state index contributed by atoms with van der Waals surface area (Å²) in [6.45, 7) is 4.18. The van der Waals surface area contributed by atoms with E-state index in [0.29, 0.717) is 11.8 Å². The minimum atomic E-state index is -0.269. The maximum atomic E-state index is 5.65. The summed E-state index contributed by atoms with van der Waals surface area (Å²) in [6.07, 6.45) is 1.24. The van der Waals surface area contributed by atoms with E-state index in [9.17, 15) is 0 Å². The van der Waals surface area contributed by atoms with Crippen molar-refractivity contribution in [3.63, 3.8) is 0 Å². The average molecular weight is 284 g/mol. The Balaban J connectivity index is 1.88. The fourth-order valence-corrected chi connectivity index (χ4v) is 5.47. The lowest BCUT2D eigenvalue weighted by atomic mass is 10.0. The Bertz CT molecular complexity index is 486. The highest BCUT2D eigenvalue weighted by Crippen LogP contribution is 2.39. The molecule has 1 aliphatic rings. The zero-order chi connectivity index (χ0) is 13.8. The fourth-order valence-electron chi connectivity index (χ4n) is 2.75. The summed E-state index contributed by atoms with van der Waals surface area (Å²) in [7, 11) is -0.269. The molecule has 0 radical (unpaired) electrons. The van der Waals surface area contributed by atoms with Crippen molar-refractivity contribution >= 4 is 18.5 Å². The Morgan fingerprint density at radius 1 is 0.900 bits per heavy atom. The Hall–Kier alpha value is -1.17. The van der Waals surface area contributed by atoms with Gasteiger partial charge in [0.2, 0.25) is 0 Å². The largest absolute Gasteiger partial charge is 0.381 e. The van der Waals surface area contributed by atoms with Crippen LogP contribution in [0.25, 0.3) is 0 Å². The average Bonchev–Trinajstić information content (AvgIpc) is 2.92. The van der Waals surface area contributed by atoms with Crippen molar-refractivity contribution in [2.75, 3.05) is 19.4 Å².